The van der Waals surface area contributed by atoms with Crippen LogP contribution in [0.25, 0.3) is 18.2 Å². The minimum atomic E-state index is -1.23. The average molecular weight is 616 g/mol. The van der Waals surface area contributed by atoms with Gasteiger partial charge < -0.3 is 14.9 Å². The summed E-state index contributed by atoms with van der Waals surface area (Å²) in [5.41, 5.74) is 7.11. The highest BCUT2D eigenvalue weighted by Gasteiger charge is 2.15. The maximum Gasteiger partial charge on any atom is 0.346 e. The molecule has 1 aromatic heterocycles. The smallest absolute Gasteiger partial charge is 0.346 e. The van der Waals surface area contributed by atoms with Gasteiger partial charge >= 0.3 is 5.97 Å². The summed E-state index contributed by atoms with van der Waals surface area (Å²) in [5, 5.41) is 18.1. The maximum absolute atomic E-state index is 11.2. The molecule has 0 saturated heterocycles. The van der Waals surface area contributed by atoms with Crippen molar-refractivity contribution < 1.29 is 9.90 Å². The van der Waals surface area contributed by atoms with Gasteiger partial charge in [-0.3, -0.25) is 0 Å². The van der Waals surface area contributed by atoms with Gasteiger partial charge in [0.2, 0.25) is 0 Å². The molecule has 0 amide bonds. The Labute approximate surface area is 272 Å². The second kappa shape index (κ2) is 14.1. The Morgan fingerprint density at radius 2 is 0.935 bits per heavy atom. The molecule has 6 rings (SSSR count). The minimum Gasteiger partial charge on any atom is -0.477 e. The number of hydrogen-bond donors (Lipinski definition) is 1. The number of rotatable bonds is 10. The zero-order valence-corrected chi connectivity index (χ0v) is 25.6. The number of benzene rings is 5. The highest BCUT2D eigenvalue weighted by atomic mass is 32.1. The van der Waals surface area contributed by atoms with E-state index in [1.807, 2.05) is 54.6 Å². The number of nitrogens with zero attached hydrogens (tertiary/aromatic N) is 3. The van der Waals surface area contributed by atoms with Crippen molar-refractivity contribution in [1.82, 2.24) is 0 Å². The lowest BCUT2D eigenvalue weighted by atomic mass is 10.1. The maximum atomic E-state index is 11.2. The third kappa shape index (κ3) is 6.97. The standard InChI is InChI=1S/C40H29N3O2S/c41-29-31(40(44)45)28-39-27-26-38(46-39)25-18-30-16-19-35(20-17-30)43(34-14-8-3-9-15-34)37-23-21-36(22-24-37)42(32-10-4-1-5-11-32)33-12-6-2-7-13-33/h1-28H,(H,44,45)/b25-18+,31-28+. The molecule has 0 aliphatic carbocycles. The van der Waals surface area contributed by atoms with Crippen LogP contribution in [0.5, 0.6) is 0 Å². The van der Waals surface area contributed by atoms with Gasteiger partial charge in [0, 0.05) is 43.9 Å². The first-order valence-electron chi connectivity index (χ1n) is 14.7. The summed E-state index contributed by atoms with van der Waals surface area (Å²) in [7, 11) is 0. The first-order valence-corrected chi connectivity index (χ1v) is 15.5. The van der Waals surface area contributed by atoms with Crippen molar-refractivity contribution in [3.05, 3.63) is 173 Å². The van der Waals surface area contributed by atoms with E-state index in [1.165, 1.54) is 17.4 Å². The first-order chi connectivity index (χ1) is 22.6. The van der Waals surface area contributed by atoms with Crippen molar-refractivity contribution in [3.63, 3.8) is 0 Å². The third-order valence-electron chi connectivity index (χ3n) is 7.29. The van der Waals surface area contributed by atoms with Crippen LogP contribution in [0.2, 0.25) is 0 Å². The Balaban J connectivity index is 1.27. The van der Waals surface area contributed by atoms with Gasteiger partial charge in [-0.05, 0) is 103 Å². The van der Waals surface area contributed by atoms with E-state index in [0.29, 0.717) is 4.88 Å². The van der Waals surface area contributed by atoms with Crippen LogP contribution in [0.15, 0.2) is 157 Å². The van der Waals surface area contributed by atoms with Gasteiger partial charge in [-0.1, -0.05) is 72.8 Å². The molecule has 0 fully saturated rings. The highest BCUT2D eigenvalue weighted by molar-refractivity contribution is 7.13. The van der Waals surface area contributed by atoms with E-state index in [4.69, 9.17) is 10.4 Å². The molecular weight excluding hydrogens is 587 g/mol. The molecule has 0 bridgehead atoms. The summed E-state index contributed by atoms with van der Waals surface area (Å²) in [6.07, 6.45) is 5.41. The van der Waals surface area contributed by atoms with E-state index in [-0.39, 0.29) is 5.57 Å². The Morgan fingerprint density at radius 1 is 0.543 bits per heavy atom. The summed E-state index contributed by atoms with van der Waals surface area (Å²) >= 11 is 1.43. The van der Waals surface area contributed by atoms with Gasteiger partial charge in [0.1, 0.15) is 11.6 Å². The van der Waals surface area contributed by atoms with Crippen LogP contribution >= 0.6 is 11.3 Å². The summed E-state index contributed by atoms with van der Waals surface area (Å²) in [4.78, 5) is 17.3. The fourth-order valence-corrected chi connectivity index (χ4v) is 5.97. The number of nitriles is 1. The summed E-state index contributed by atoms with van der Waals surface area (Å²) in [6, 6.07) is 53.5. The van der Waals surface area contributed by atoms with Crippen LogP contribution in [-0.4, -0.2) is 11.1 Å². The fourth-order valence-electron chi connectivity index (χ4n) is 5.11. The SMILES string of the molecule is N#C/C(=C\c1ccc(/C=C/c2ccc(N(c3ccccc3)c3ccc(N(c4ccccc4)c4ccccc4)cc3)cc2)s1)C(=O)O. The van der Waals surface area contributed by atoms with Gasteiger partial charge in [0.25, 0.3) is 0 Å². The first kappa shape index (κ1) is 29.9. The Kier molecular flexibility index (Phi) is 9.15. The molecule has 0 unspecified atom stereocenters. The molecule has 5 aromatic carbocycles. The Hall–Kier alpha value is -6.16. The summed E-state index contributed by atoms with van der Waals surface area (Å²) < 4.78 is 0. The lowest BCUT2D eigenvalue weighted by Crippen LogP contribution is -2.12. The van der Waals surface area contributed by atoms with Gasteiger partial charge in [-0.2, -0.15) is 5.26 Å². The molecule has 1 N–H and O–H groups in total. The van der Waals surface area contributed by atoms with Crippen molar-refractivity contribution >= 4 is 69.7 Å². The number of carboxylic acid groups (broad SMARTS) is 1. The number of hydrogen-bond acceptors (Lipinski definition) is 5. The van der Waals surface area contributed by atoms with Gasteiger partial charge in [-0.25, -0.2) is 4.79 Å². The zero-order chi connectivity index (χ0) is 31.7. The van der Waals surface area contributed by atoms with Crippen molar-refractivity contribution in [3.8, 4) is 6.07 Å². The van der Waals surface area contributed by atoms with Crippen molar-refractivity contribution in [2.75, 3.05) is 9.80 Å². The lowest BCUT2D eigenvalue weighted by molar-refractivity contribution is -0.132. The van der Waals surface area contributed by atoms with Crippen molar-refractivity contribution in [2.45, 2.75) is 0 Å². The van der Waals surface area contributed by atoms with E-state index in [0.717, 1.165) is 44.6 Å². The number of aliphatic carboxylic acids is 1. The van der Waals surface area contributed by atoms with Crippen LogP contribution in [0, 0.1) is 11.3 Å². The molecular formula is C40H29N3O2S. The number of anilines is 6. The third-order valence-corrected chi connectivity index (χ3v) is 8.28. The Bertz CT molecular complexity index is 1970. The van der Waals surface area contributed by atoms with Crippen molar-refractivity contribution in [2.24, 2.45) is 0 Å². The van der Waals surface area contributed by atoms with Crippen LogP contribution in [-0.2, 0) is 4.79 Å². The molecule has 222 valence electrons. The molecule has 5 nitrogen and oxygen atoms in total. The van der Waals surface area contributed by atoms with Crippen LogP contribution in [0.4, 0.5) is 34.1 Å². The van der Waals surface area contributed by atoms with Gasteiger partial charge in [0.05, 0.1) is 0 Å². The van der Waals surface area contributed by atoms with E-state index < -0.39 is 5.97 Å². The summed E-state index contributed by atoms with van der Waals surface area (Å²) in [5.74, 6) is -1.23. The number of thiophene rings is 1. The molecule has 1 heterocycles. The van der Waals surface area contributed by atoms with Gasteiger partial charge in [0.15, 0.2) is 0 Å². The normalized spacial score (nSPS) is 11.2. The largest absolute Gasteiger partial charge is 0.477 e. The quantitative estimate of drug-likeness (QED) is 0.123. The molecule has 0 aliphatic rings. The van der Waals surface area contributed by atoms with Gasteiger partial charge in [-0.15, -0.1) is 11.3 Å². The van der Waals surface area contributed by atoms with E-state index in [2.05, 4.69) is 119 Å². The zero-order valence-electron chi connectivity index (χ0n) is 24.8. The predicted octanol–water partition coefficient (Wildman–Crippen LogP) is 10.8. The summed E-state index contributed by atoms with van der Waals surface area (Å²) in [6.45, 7) is 0. The van der Waals surface area contributed by atoms with E-state index >= 15 is 0 Å². The number of para-hydroxylation sites is 3. The van der Waals surface area contributed by atoms with Crippen LogP contribution < -0.4 is 9.80 Å². The topological polar surface area (TPSA) is 67.6 Å². The molecule has 0 spiro atoms. The molecule has 6 heteroatoms. The second-order valence-corrected chi connectivity index (χ2v) is 11.5. The molecule has 0 atom stereocenters. The number of carbonyl (C=O) groups is 1. The fraction of sp³-hybridized carbons (Fsp3) is 0. The lowest BCUT2D eigenvalue weighted by Gasteiger charge is -2.28. The monoisotopic (exact) mass is 615 g/mol. The highest BCUT2D eigenvalue weighted by Crippen LogP contribution is 2.39. The van der Waals surface area contributed by atoms with Crippen LogP contribution in [0.3, 0.4) is 0 Å². The van der Waals surface area contributed by atoms with E-state index in [1.54, 1.807) is 6.07 Å². The molecule has 0 radical (unpaired) electrons. The predicted molar refractivity (Wildman–Crippen MR) is 190 cm³/mol. The number of carboxylic acids is 1. The molecule has 46 heavy (non-hydrogen) atoms. The molecule has 6 aromatic rings. The molecule has 0 saturated carbocycles. The second-order valence-electron chi connectivity index (χ2n) is 10.3. The van der Waals surface area contributed by atoms with Crippen LogP contribution in [0.1, 0.15) is 15.3 Å². The van der Waals surface area contributed by atoms with E-state index in [9.17, 15) is 4.79 Å². The minimum absolute atomic E-state index is 0.282. The Morgan fingerprint density at radius 3 is 1.35 bits per heavy atom. The average Bonchev–Trinajstić information content (AvgIpc) is 3.56. The molecule has 0 aliphatic heterocycles. The van der Waals surface area contributed by atoms with Crippen molar-refractivity contribution in [1.29, 1.82) is 5.26 Å².